The van der Waals surface area contributed by atoms with E-state index < -0.39 is 0 Å². The summed E-state index contributed by atoms with van der Waals surface area (Å²) in [5.74, 6) is -0.347. The highest BCUT2D eigenvalue weighted by Gasteiger charge is 2.11. The lowest BCUT2D eigenvalue weighted by atomic mass is 10.4. The molecule has 0 aliphatic carbocycles. The van der Waals surface area contributed by atoms with E-state index in [0.717, 1.165) is 4.90 Å². The van der Waals surface area contributed by atoms with Crippen molar-refractivity contribution in [3.8, 4) is 12.1 Å². The Morgan fingerprint density at radius 2 is 1.92 bits per heavy atom. The fourth-order valence-electron chi connectivity index (χ4n) is 0.618. The van der Waals surface area contributed by atoms with Crippen molar-refractivity contribution in [2.45, 2.75) is 0 Å². The summed E-state index contributed by atoms with van der Waals surface area (Å²) in [7, 11) is 1.38. The number of amides is 1. The third-order valence-electron chi connectivity index (χ3n) is 1.14. The maximum absolute atomic E-state index is 11.0. The zero-order valence-corrected chi connectivity index (χ0v) is 6.78. The van der Waals surface area contributed by atoms with Gasteiger partial charge in [-0.2, -0.15) is 10.5 Å². The van der Waals surface area contributed by atoms with E-state index in [9.17, 15) is 4.79 Å². The monoisotopic (exact) mass is 167 g/mol. The van der Waals surface area contributed by atoms with Gasteiger partial charge in [0.1, 0.15) is 19.7 Å². The molecule has 12 heavy (non-hydrogen) atoms. The van der Waals surface area contributed by atoms with Gasteiger partial charge >= 0.3 is 0 Å². The molecule has 0 spiro atoms. The molecule has 0 bridgehead atoms. The largest absolute Gasteiger partial charge is 0.375 e. The van der Waals surface area contributed by atoms with E-state index in [2.05, 4.69) is 4.74 Å². The summed E-state index contributed by atoms with van der Waals surface area (Å²) < 4.78 is 4.57. The Balaban J connectivity index is 4.03. The maximum Gasteiger partial charge on any atom is 0.250 e. The average Bonchev–Trinajstić information content (AvgIpc) is 2.04. The Morgan fingerprint density at radius 3 is 2.25 bits per heavy atom. The number of nitrogens with zero attached hydrogens (tertiary/aromatic N) is 3. The molecule has 0 saturated carbocycles. The van der Waals surface area contributed by atoms with Crippen LogP contribution in [-0.2, 0) is 9.53 Å². The topological polar surface area (TPSA) is 77.1 Å². The molecule has 0 unspecified atom stereocenters. The predicted octanol–water partition coefficient (Wildman–Crippen LogP) is -0.491. The minimum absolute atomic E-state index is 0.0737. The third-order valence-corrected chi connectivity index (χ3v) is 1.14. The molecule has 0 aliphatic heterocycles. The molecule has 0 aliphatic rings. The summed E-state index contributed by atoms with van der Waals surface area (Å²) in [5, 5.41) is 16.6. The minimum Gasteiger partial charge on any atom is -0.375 e. The standard InChI is InChI=1S/C7H9N3O2/c1-12-6-7(11)10(4-2-8)5-3-9/h4-6H2,1H3. The molecule has 0 N–H and O–H groups in total. The number of carbonyl (C=O) groups excluding carboxylic acids is 1. The van der Waals surface area contributed by atoms with Crippen LogP contribution in [-0.4, -0.2) is 37.6 Å². The fraction of sp³-hybridized carbons (Fsp3) is 0.571. The van der Waals surface area contributed by atoms with Crippen LogP contribution in [0.3, 0.4) is 0 Å². The number of hydrogen-bond donors (Lipinski definition) is 0. The lowest BCUT2D eigenvalue weighted by molar-refractivity contribution is -0.133. The van der Waals surface area contributed by atoms with Crippen molar-refractivity contribution in [1.29, 1.82) is 10.5 Å². The van der Waals surface area contributed by atoms with Gasteiger partial charge in [0.05, 0.1) is 12.1 Å². The fourth-order valence-corrected chi connectivity index (χ4v) is 0.618. The summed E-state index contributed by atoms with van der Waals surface area (Å²) in [6.07, 6.45) is 0. The zero-order valence-electron chi connectivity index (χ0n) is 6.78. The lowest BCUT2D eigenvalue weighted by Gasteiger charge is -2.14. The first-order chi connectivity index (χ1) is 5.76. The summed E-state index contributed by atoms with van der Waals surface area (Å²) in [6, 6.07) is 3.58. The van der Waals surface area contributed by atoms with E-state index in [1.165, 1.54) is 7.11 Å². The van der Waals surface area contributed by atoms with Gasteiger partial charge in [-0.25, -0.2) is 0 Å². The van der Waals surface area contributed by atoms with Gasteiger partial charge in [-0.05, 0) is 0 Å². The molecule has 0 rings (SSSR count). The third kappa shape index (κ3) is 3.55. The summed E-state index contributed by atoms with van der Waals surface area (Å²) in [5.41, 5.74) is 0. The van der Waals surface area contributed by atoms with Crippen molar-refractivity contribution in [3.05, 3.63) is 0 Å². The molecule has 64 valence electrons. The first-order valence-corrected chi connectivity index (χ1v) is 3.26. The molecular formula is C7H9N3O2. The van der Waals surface area contributed by atoms with Crippen LogP contribution in [0.15, 0.2) is 0 Å². The second-order valence-electron chi connectivity index (χ2n) is 2.00. The summed E-state index contributed by atoms with van der Waals surface area (Å²) in [4.78, 5) is 12.2. The van der Waals surface area contributed by atoms with Crippen LogP contribution in [0.4, 0.5) is 0 Å². The molecule has 0 aromatic rings. The Labute approximate surface area is 70.7 Å². The van der Waals surface area contributed by atoms with Gasteiger partial charge in [-0.1, -0.05) is 0 Å². The molecular weight excluding hydrogens is 158 g/mol. The van der Waals surface area contributed by atoms with Crippen LogP contribution in [0.1, 0.15) is 0 Å². The number of carbonyl (C=O) groups is 1. The minimum atomic E-state index is -0.347. The molecule has 0 fully saturated rings. The normalized spacial score (nSPS) is 8.25. The highest BCUT2D eigenvalue weighted by atomic mass is 16.5. The molecule has 0 heterocycles. The zero-order chi connectivity index (χ0) is 9.40. The number of methoxy groups -OCH3 is 1. The van der Waals surface area contributed by atoms with Gasteiger partial charge in [0.2, 0.25) is 5.91 Å². The summed E-state index contributed by atoms with van der Waals surface area (Å²) in [6.45, 7) is -0.241. The quantitative estimate of drug-likeness (QED) is 0.529. The van der Waals surface area contributed by atoms with E-state index in [-0.39, 0.29) is 25.6 Å². The Hall–Kier alpha value is -1.59. The molecule has 0 saturated heterocycles. The summed E-state index contributed by atoms with van der Waals surface area (Å²) >= 11 is 0. The lowest BCUT2D eigenvalue weighted by Crippen LogP contribution is -2.34. The van der Waals surface area contributed by atoms with Crippen LogP contribution >= 0.6 is 0 Å². The second kappa shape index (κ2) is 6.14. The van der Waals surface area contributed by atoms with E-state index in [1.54, 1.807) is 12.1 Å². The van der Waals surface area contributed by atoms with Crippen LogP contribution in [0.25, 0.3) is 0 Å². The SMILES string of the molecule is COCC(=O)N(CC#N)CC#N. The van der Waals surface area contributed by atoms with Crippen LogP contribution in [0.5, 0.6) is 0 Å². The van der Waals surface area contributed by atoms with Gasteiger partial charge < -0.3 is 9.64 Å². The van der Waals surface area contributed by atoms with Crippen molar-refractivity contribution in [3.63, 3.8) is 0 Å². The van der Waals surface area contributed by atoms with Gasteiger partial charge in [0.25, 0.3) is 0 Å². The highest BCUT2D eigenvalue weighted by molar-refractivity contribution is 5.77. The smallest absolute Gasteiger partial charge is 0.250 e. The Kier molecular flexibility index (Phi) is 5.33. The van der Waals surface area contributed by atoms with Gasteiger partial charge in [0, 0.05) is 7.11 Å². The average molecular weight is 167 g/mol. The van der Waals surface area contributed by atoms with Crippen LogP contribution in [0.2, 0.25) is 0 Å². The number of ether oxygens (including phenoxy) is 1. The first kappa shape index (κ1) is 10.4. The van der Waals surface area contributed by atoms with Crippen molar-refractivity contribution in [1.82, 2.24) is 4.90 Å². The Morgan fingerprint density at radius 1 is 1.42 bits per heavy atom. The van der Waals surface area contributed by atoms with Crippen LogP contribution < -0.4 is 0 Å². The van der Waals surface area contributed by atoms with E-state index in [4.69, 9.17) is 10.5 Å². The number of hydrogen-bond acceptors (Lipinski definition) is 4. The van der Waals surface area contributed by atoms with Gasteiger partial charge in [-0.3, -0.25) is 4.79 Å². The number of rotatable bonds is 4. The maximum atomic E-state index is 11.0. The van der Waals surface area contributed by atoms with Crippen molar-refractivity contribution >= 4 is 5.91 Å². The van der Waals surface area contributed by atoms with E-state index >= 15 is 0 Å². The Bertz CT molecular complexity index is 210. The molecule has 0 radical (unpaired) electrons. The van der Waals surface area contributed by atoms with Crippen molar-refractivity contribution < 1.29 is 9.53 Å². The molecule has 1 amide bonds. The van der Waals surface area contributed by atoms with Crippen molar-refractivity contribution in [2.75, 3.05) is 26.8 Å². The van der Waals surface area contributed by atoms with Crippen molar-refractivity contribution in [2.24, 2.45) is 0 Å². The molecule has 0 atom stereocenters. The van der Waals surface area contributed by atoms with Gasteiger partial charge in [-0.15, -0.1) is 0 Å². The molecule has 0 aromatic carbocycles. The van der Waals surface area contributed by atoms with E-state index in [1.807, 2.05) is 0 Å². The molecule has 5 heteroatoms. The van der Waals surface area contributed by atoms with Crippen LogP contribution in [0, 0.1) is 22.7 Å². The van der Waals surface area contributed by atoms with Gasteiger partial charge in [0.15, 0.2) is 0 Å². The highest BCUT2D eigenvalue weighted by Crippen LogP contribution is 1.88. The molecule has 5 nitrogen and oxygen atoms in total. The first-order valence-electron chi connectivity index (χ1n) is 3.26. The van der Waals surface area contributed by atoms with E-state index in [0.29, 0.717) is 0 Å². The molecule has 0 aromatic heterocycles. The second-order valence-corrected chi connectivity index (χ2v) is 2.00. The number of nitriles is 2. The predicted molar refractivity (Wildman–Crippen MR) is 39.7 cm³/mol.